The summed E-state index contributed by atoms with van der Waals surface area (Å²) in [7, 11) is 0. The monoisotopic (exact) mass is 986 g/mol. The summed E-state index contributed by atoms with van der Waals surface area (Å²) in [6, 6.07) is -1.04. The van der Waals surface area contributed by atoms with Crippen LogP contribution in [0.25, 0.3) is 0 Å². The maximum Gasteiger partial charge on any atom is 0.306 e. The number of amides is 1. The fourth-order valence-corrected chi connectivity index (χ4v) is 8.39. The van der Waals surface area contributed by atoms with Gasteiger partial charge >= 0.3 is 5.97 Å². The molecule has 1 saturated heterocycles. The van der Waals surface area contributed by atoms with Crippen molar-refractivity contribution in [2.45, 2.75) is 275 Å². The second-order valence-corrected chi connectivity index (χ2v) is 19.3. The number of esters is 1. The molecule has 70 heavy (non-hydrogen) atoms. The predicted molar refractivity (Wildman–Crippen MR) is 287 cm³/mol. The zero-order chi connectivity index (χ0) is 51.1. The van der Waals surface area contributed by atoms with Crippen LogP contribution in [0.1, 0.15) is 226 Å². The van der Waals surface area contributed by atoms with Crippen LogP contribution < -0.4 is 5.32 Å². The highest BCUT2D eigenvalue weighted by molar-refractivity contribution is 5.80. The van der Waals surface area contributed by atoms with E-state index in [0.29, 0.717) is 12.8 Å². The summed E-state index contributed by atoms with van der Waals surface area (Å²) in [4.78, 5) is 26.4. The molecule has 8 unspecified atom stereocenters. The molecule has 0 aromatic carbocycles. The van der Waals surface area contributed by atoms with Gasteiger partial charge in [-0.05, 0) is 77.0 Å². The van der Waals surface area contributed by atoms with Crippen LogP contribution in [0.5, 0.6) is 0 Å². The number of aliphatic hydroxyl groups is 5. The molecule has 0 bridgehead atoms. The molecule has 0 spiro atoms. The molecule has 0 aromatic heterocycles. The quantitative estimate of drug-likeness (QED) is 0.0149. The first-order valence-corrected chi connectivity index (χ1v) is 28.2. The van der Waals surface area contributed by atoms with Gasteiger partial charge in [-0.25, -0.2) is 0 Å². The Hall–Kier alpha value is -2.90. The van der Waals surface area contributed by atoms with Crippen LogP contribution in [0.3, 0.4) is 0 Å². The second-order valence-electron chi connectivity index (χ2n) is 19.3. The van der Waals surface area contributed by atoms with Crippen LogP contribution in [-0.4, -0.2) is 99.6 Å². The van der Waals surface area contributed by atoms with E-state index in [9.17, 15) is 35.1 Å². The fraction of sp³-hybridized carbons (Fsp3) is 0.763. The average Bonchev–Trinajstić information content (AvgIpc) is 3.36. The molecule has 1 heterocycles. The molecule has 0 radical (unpaired) electrons. The van der Waals surface area contributed by atoms with E-state index >= 15 is 0 Å². The van der Waals surface area contributed by atoms with Crippen molar-refractivity contribution in [2.24, 2.45) is 0 Å². The number of hydrogen-bond acceptors (Lipinski definition) is 10. The van der Waals surface area contributed by atoms with Gasteiger partial charge in [-0.3, -0.25) is 9.59 Å². The Balaban J connectivity index is 2.75. The molecule has 8 atom stereocenters. The van der Waals surface area contributed by atoms with Crippen LogP contribution in [0.15, 0.2) is 72.9 Å². The summed E-state index contributed by atoms with van der Waals surface area (Å²) < 4.78 is 17.5. The van der Waals surface area contributed by atoms with Crippen molar-refractivity contribution >= 4 is 11.9 Å². The summed E-state index contributed by atoms with van der Waals surface area (Å²) in [6.07, 6.45) is 48.0. The van der Waals surface area contributed by atoms with E-state index in [0.717, 1.165) is 89.9 Å². The fourth-order valence-electron chi connectivity index (χ4n) is 8.39. The standard InChI is InChI=1S/C59H103NO10/c1-4-7-10-13-16-19-22-25-26-27-28-29-32-35-38-41-44-47-54(64)70-57-56(66)55(65)53(48-61)69-59(57)68-49-50(51(62)45-42-39-36-33-30-23-20-17-14-11-8-5-2)60-58(67)52(63)46-43-40-37-34-31-24-21-18-15-12-9-6-3/h9,12,15-16,18-19,21,24-26,42,45,50-53,55-57,59,61-63,65-66H,4-8,10-11,13-14,17,20,22-23,27-41,43-44,46-49H2,1-3H3,(H,60,67)/b12-9+,18-15+,19-16-,24-21-,26-25-,45-42+. The van der Waals surface area contributed by atoms with Crippen molar-refractivity contribution in [1.82, 2.24) is 5.32 Å². The minimum Gasteiger partial charge on any atom is -0.454 e. The molecule has 6 N–H and O–H groups in total. The number of rotatable bonds is 46. The van der Waals surface area contributed by atoms with E-state index in [1.807, 2.05) is 30.4 Å². The number of hydrogen-bond donors (Lipinski definition) is 6. The van der Waals surface area contributed by atoms with E-state index in [-0.39, 0.29) is 19.4 Å². The van der Waals surface area contributed by atoms with Gasteiger partial charge in [0.1, 0.15) is 24.4 Å². The van der Waals surface area contributed by atoms with Crippen molar-refractivity contribution < 1.29 is 49.3 Å². The highest BCUT2D eigenvalue weighted by Crippen LogP contribution is 2.26. The van der Waals surface area contributed by atoms with Crippen LogP contribution in [0.2, 0.25) is 0 Å². The number of aliphatic hydroxyl groups excluding tert-OH is 5. The Morgan fingerprint density at radius 1 is 0.586 bits per heavy atom. The van der Waals surface area contributed by atoms with E-state index in [4.69, 9.17) is 14.2 Å². The second kappa shape index (κ2) is 47.1. The molecule has 0 aromatic rings. The first-order chi connectivity index (χ1) is 34.2. The molecule has 11 heteroatoms. The van der Waals surface area contributed by atoms with E-state index in [1.165, 1.54) is 89.9 Å². The summed E-state index contributed by atoms with van der Waals surface area (Å²) in [5.74, 6) is -1.23. The molecule has 0 aliphatic carbocycles. The number of ether oxygens (including phenoxy) is 3. The molecule has 1 aliphatic rings. The smallest absolute Gasteiger partial charge is 0.306 e. The average molecular weight is 986 g/mol. The zero-order valence-electron chi connectivity index (χ0n) is 44.4. The first kappa shape index (κ1) is 65.1. The largest absolute Gasteiger partial charge is 0.454 e. The minimum absolute atomic E-state index is 0.109. The SMILES string of the molecule is CC/C=C/C=C/C=C\CCCCCCC(O)C(=O)NC(COC1OC(CO)C(O)C(O)C1OC(=O)CCCCCCCCC/C=C\C/C=C\CCCCC)C(O)/C=C/CCCCCCCCCCCC. The Labute approximate surface area is 426 Å². The third-order valence-corrected chi connectivity index (χ3v) is 12.9. The molecular formula is C59H103NO10. The highest BCUT2D eigenvalue weighted by Gasteiger charge is 2.47. The Morgan fingerprint density at radius 3 is 1.67 bits per heavy atom. The number of unbranched alkanes of at least 4 members (excludes halogenated alkanes) is 24. The lowest BCUT2D eigenvalue weighted by molar-refractivity contribution is -0.305. The molecule has 0 saturated carbocycles. The number of allylic oxidation sites excluding steroid dienone is 11. The van der Waals surface area contributed by atoms with Crippen LogP contribution in [0.4, 0.5) is 0 Å². The lowest BCUT2D eigenvalue weighted by Crippen LogP contribution is -2.61. The summed E-state index contributed by atoms with van der Waals surface area (Å²) in [6.45, 7) is 5.58. The van der Waals surface area contributed by atoms with E-state index in [1.54, 1.807) is 6.08 Å². The van der Waals surface area contributed by atoms with Gasteiger partial charge in [-0.2, -0.15) is 0 Å². The minimum atomic E-state index is -1.62. The molecule has 404 valence electrons. The maximum absolute atomic E-state index is 13.3. The lowest BCUT2D eigenvalue weighted by Gasteiger charge is -2.41. The third-order valence-electron chi connectivity index (χ3n) is 12.9. The first-order valence-electron chi connectivity index (χ1n) is 28.2. The number of nitrogens with one attached hydrogen (secondary N) is 1. The van der Waals surface area contributed by atoms with Crippen molar-refractivity contribution in [3.63, 3.8) is 0 Å². The van der Waals surface area contributed by atoms with Crippen LogP contribution in [0, 0.1) is 0 Å². The third kappa shape index (κ3) is 35.3. The van der Waals surface area contributed by atoms with Gasteiger partial charge < -0.3 is 45.1 Å². The van der Waals surface area contributed by atoms with Crippen molar-refractivity contribution in [2.75, 3.05) is 13.2 Å². The van der Waals surface area contributed by atoms with E-state index < -0.39 is 67.4 Å². The van der Waals surface area contributed by atoms with Gasteiger partial charge in [0.25, 0.3) is 0 Å². The summed E-state index contributed by atoms with van der Waals surface area (Å²) in [5.41, 5.74) is 0. The van der Waals surface area contributed by atoms with Crippen molar-refractivity contribution in [1.29, 1.82) is 0 Å². The van der Waals surface area contributed by atoms with Gasteiger partial charge in [-0.15, -0.1) is 0 Å². The lowest BCUT2D eigenvalue weighted by atomic mass is 9.99. The Bertz CT molecular complexity index is 1410. The van der Waals surface area contributed by atoms with Crippen LogP contribution in [-0.2, 0) is 23.8 Å². The van der Waals surface area contributed by atoms with Gasteiger partial charge in [-0.1, -0.05) is 216 Å². The van der Waals surface area contributed by atoms with Gasteiger partial charge in [0, 0.05) is 6.42 Å². The topological polar surface area (TPSA) is 175 Å². The molecule has 1 fully saturated rings. The Kier molecular flexibility index (Phi) is 43.8. The van der Waals surface area contributed by atoms with Crippen LogP contribution >= 0.6 is 0 Å². The van der Waals surface area contributed by atoms with Crippen molar-refractivity contribution in [3.8, 4) is 0 Å². The van der Waals surface area contributed by atoms with Gasteiger partial charge in [0.05, 0.1) is 25.4 Å². The molecule has 11 nitrogen and oxygen atoms in total. The summed E-state index contributed by atoms with van der Waals surface area (Å²) >= 11 is 0. The molecule has 1 aliphatic heterocycles. The molecular weight excluding hydrogens is 883 g/mol. The van der Waals surface area contributed by atoms with E-state index in [2.05, 4.69) is 62.5 Å². The highest BCUT2D eigenvalue weighted by atomic mass is 16.7. The maximum atomic E-state index is 13.3. The Morgan fingerprint density at radius 2 is 1.09 bits per heavy atom. The normalized spacial score (nSPS) is 20.3. The zero-order valence-corrected chi connectivity index (χ0v) is 44.4. The number of carbonyl (C=O) groups is 2. The molecule has 1 rings (SSSR count). The predicted octanol–water partition coefficient (Wildman–Crippen LogP) is 12.4. The molecule has 1 amide bonds. The van der Waals surface area contributed by atoms with Crippen molar-refractivity contribution in [3.05, 3.63) is 72.9 Å². The van der Waals surface area contributed by atoms with Gasteiger partial charge in [0.15, 0.2) is 12.4 Å². The summed E-state index contributed by atoms with van der Waals surface area (Å²) in [5, 5.41) is 56.7. The number of carbonyl (C=O) groups excluding carboxylic acids is 2. The van der Waals surface area contributed by atoms with Gasteiger partial charge in [0.2, 0.25) is 5.91 Å².